The zero-order valence-corrected chi connectivity index (χ0v) is 24.6. The molecule has 0 amide bonds. The van der Waals surface area contributed by atoms with Gasteiger partial charge in [0.25, 0.3) is 0 Å². The van der Waals surface area contributed by atoms with Crippen LogP contribution in [0.25, 0.3) is 98.8 Å². The van der Waals surface area contributed by atoms with E-state index in [9.17, 15) is 0 Å². The van der Waals surface area contributed by atoms with Crippen LogP contribution in [-0.4, -0.2) is 18.9 Å². The van der Waals surface area contributed by atoms with Crippen LogP contribution in [-0.2, 0) is 0 Å². The highest BCUT2D eigenvalue weighted by Gasteiger charge is 2.26. The van der Waals surface area contributed by atoms with E-state index >= 15 is 0 Å². The van der Waals surface area contributed by atoms with Crippen molar-refractivity contribution in [1.29, 1.82) is 0 Å². The molecule has 0 aliphatic rings. The summed E-state index contributed by atoms with van der Waals surface area (Å²) in [4.78, 5) is 10.5. The molecule has 4 heterocycles. The number of para-hydroxylation sites is 3. The summed E-state index contributed by atoms with van der Waals surface area (Å²) in [6, 6.07) is 52.1. The zero-order valence-electron chi connectivity index (χ0n) is 24.6. The molecule has 4 aromatic heterocycles. The van der Waals surface area contributed by atoms with E-state index < -0.39 is 0 Å². The Kier molecular flexibility index (Phi) is 4.55. The molecule has 7 aromatic carbocycles. The molecule has 4 nitrogen and oxygen atoms in total. The van der Waals surface area contributed by atoms with Crippen molar-refractivity contribution in [2.24, 2.45) is 0 Å². The van der Waals surface area contributed by atoms with Crippen LogP contribution in [0, 0.1) is 0 Å². The van der Waals surface area contributed by atoms with Gasteiger partial charge in [-0.05, 0) is 53.2 Å². The lowest BCUT2D eigenvalue weighted by Crippen LogP contribution is -2.03. The Morgan fingerprint density at radius 3 is 1.87 bits per heavy atom. The third-order valence-electron chi connectivity index (χ3n) is 9.79. The van der Waals surface area contributed by atoms with Crippen LogP contribution in [0.2, 0.25) is 0 Å². The summed E-state index contributed by atoms with van der Waals surface area (Å²) in [5, 5.41) is 11.0. The summed E-state index contributed by atoms with van der Waals surface area (Å²) >= 11 is 0. The molecule has 0 unspecified atom stereocenters. The standard InChI is InChI=1S/C42H24N4/c1-2-12-25(13-3-1)41-43-34-19-9-6-17-29(34)42(44-41)46-37-23-27-15-5-4-14-26(27)22-31(37)33-24-32-28-16-7-10-20-35(28)45-36-21-11-8-18-30(36)38(39(32)45)40(33)46/h1-24H. The Hall–Kier alpha value is -6.26. The summed E-state index contributed by atoms with van der Waals surface area (Å²) < 4.78 is 4.88. The maximum Gasteiger partial charge on any atom is 0.162 e. The number of hydrogen-bond acceptors (Lipinski definition) is 2. The van der Waals surface area contributed by atoms with Crippen molar-refractivity contribution in [3.05, 3.63) is 146 Å². The van der Waals surface area contributed by atoms with Crippen LogP contribution in [0.1, 0.15) is 0 Å². The molecule has 0 bridgehead atoms. The molecule has 46 heavy (non-hydrogen) atoms. The Balaban J connectivity index is 1.44. The van der Waals surface area contributed by atoms with Gasteiger partial charge in [-0.2, -0.15) is 0 Å². The molecule has 4 heteroatoms. The van der Waals surface area contributed by atoms with E-state index in [0.717, 1.165) is 33.6 Å². The zero-order chi connectivity index (χ0) is 29.9. The molecule has 0 radical (unpaired) electrons. The maximum atomic E-state index is 5.41. The van der Waals surface area contributed by atoms with Crippen LogP contribution in [0.4, 0.5) is 0 Å². The van der Waals surface area contributed by atoms with Crippen LogP contribution in [0.3, 0.4) is 0 Å². The molecule has 0 fully saturated rings. The first-order valence-electron chi connectivity index (χ1n) is 15.7. The van der Waals surface area contributed by atoms with Crippen molar-refractivity contribution < 1.29 is 0 Å². The van der Waals surface area contributed by atoms with Gasteiger partial charge in [0, 0.05) is 43.3 Å². The molecule has 0 spiro atoms. The number of fused-ring (bicyclic) bond motifs is 12. The van der Waals surface area contributed by atoms with Crippen molar-refractivity contribution in [2.45, 2.75) is 0 Å². The third kappa shape index (κ3) is 3.03. The summed E-state index contributed by atoms with van der Waals surface area (Å²) in [5.74, 6) is 1.61. The smallest absolute Gasteiger partial charge is 0.162 e. The summed E-state index contributed by atoms with van der Waals surface area (Å²) in [7, 11) is 0. The molecule has 11 aromatic rings. The van der Waals surface area contributed by atoms with Crippen LogP contribution in [0.15, 0.2) is 146 Å². The second-order valence-corrected chi connectivity index (χ2v) is 12.2. The topological polar surface area (TPSA) is 35.1 Å². The number of nitrogens with zero attached hydrogens (tertiary/aromatic N) is 4. The van der Waals surface area contributed by atoms with Crippen molar-refractivity contribution in [3.63, 3.8) is 0 Å². The second kappa shape index (κ2) is 8.68. The lowest BCUT2D eigenvalue weighted by Gasteiger charge is -2.13. The fraction of sp³-hybridized carbons (Fsp3) is 0. The quantitative estimate of drug-likeness (QED) is 0.203. The highest BCUT2D eigenvalue weighted by Crippen LogP contribution is 2.47. The Morgan fingerprint density at radius 2 is 1.04 bits per heavy atom. The lowest BCUT2D eigenvalue weighted by molar-refractivity contribution is 1.08. The van der Waals surface area contributed by atoms with Crippen LogP contribution < -0.4 is 0 Å². The SMILES string of the molecule is c1ccc(-c2nc(-n3c4cc5ccccc5cc4c4cc5c6ccccc6n6c7ccccc7c(c43)c56)c3ccccc3n2)cc1. The molecule has 212 valence electrons. The highest BCUT2D eigenvalue weighted by molar-refractivity contribution is 6.34. The number of hydrogen-bond donors (Lipinski definition) is 0. The summed E-state index contributed by atoms with van der Waals surface area (Å²) in [6.07, 6.45) is 0. The van der Waals surface area contributed by atoms with E-state index in [2.05, 4.69) is 136 Å². The number of aromatic nitrogens is 4. The predicted octanol–water partition coefficient (Wildman–Crippen LogP) is 10.7. The molecule has 0 aliphatic heterocycles. The van der Waals surface area contributed by atoms with Gasteiger partial charge in [0.15, 0.2) is 5.82 Å². The van der Waals surface area contributed by atoms with Crippen LogP contribution >= 0.6 is 0 Å². The van der Waals surface area contributed by atoms with Crippen molar-refractivity contribution >= 4 is 81.6 Å². The monoisotopic (exact) mass is 584 g/mol. The second-order valence-electron chi connectivity index (χ2n) is 12.2. The van der Waals surface area contributed by atoms with Gasteiger partial charge in [0.2, 0.25) is 0 Å². The molecule has 0 saturated heterocycles. The minimum atomic E-state index is 0.720. The van der Waals surface area contributed by atoms with E-state index in [-0.39, 0.29) is 0 Å². The number of rotatable bonds is 2. The van der Waals surface area contributed by atoms with Gasteiger partial charge < -0.3 is 4.40 Å². The normalized spacial score (nSPS) is 12.3. The number of benzene rings is 7. The minimum Gasteiger partial charge on any atom is -0.308 e. The first-order valence-corrected chi connectivity index (χ1v) is 15.7. The summed E-state index contributed by atoms with van der Waals surface area (Å²) in [5.41, 5.74) is 7.94. The average molecular weight is 585 g/mol. The Morgan fingerprint density at radius 1 is 0.413 bits per heavy atom. The van der Waals surface area contributed by atoms with Crippen molar-refractivity contribution in [3.8, 4) is 17.2 Å². The van der Waals surface area contributed by atoms with E-state index in [1.807, 2.05) is 18.2 Å². The van der Waals surface area contributed by atoms with Crippen molar-refractivity contribution in [2.75, 3.05) is 0 Å². The van der Waals surface area contributed by atoms with Gasteiger partial charge in [-0.15, -0.1) is 0 Å². The van der Waals surface area contributed by atoms with Crippen molar-refractivity contribution in [1.82, 2.24) is 18.9 Å². The van der Waals surface area contributed by atoms with E-state index in [4.69, 9.17) is 9.97 Å². The lowest BCUT2D eigenvalue weighted by atomic mass is 10.0. The Labute approximate surface area is 262 Å². The first-order chi connectivity index (χ1) is 22.8. The van der Waals surface area contributed by atoms with E-state index in [1.165, 1.54) is 65.2 Å². The molecule has 0 aliphatic carbocycles. The largest absolute Gasteiger partial charge is 0.308 e. The van der Waals surface area contributed by atoms with Gasteiger partial charge in [-0.3, -0.25) is 4.57 Å². The van der Waals surface area contributed by atoms with Gasteiger partial charge in [0.1, 0.15) is 5.82 Å². The molecule has 0 atom stereocenters. The third-order valence-corrected chi connectivity index (χ3v) is 9.79. The molecule has 0 saturated carbocycles. The molecule has 0 N–H and O–H groups in total. The van der Waals surface area contributed by atoms with E-state index in [1.54, 1.807) is 0 Å². The Bertz CT molecular complexity index is 3020. The maximum absolute atomic E-state index is 5.41. The fourth-order valence-electron chi connectivity index (χ4n) is 7.86. The average Bonchev–Trinajstić information content (AvgIpc) is 3.75. The molecular weight excluding hydrogens is 560 g/mol. The highest BCUT2D eigenvalue weighted by atomic mass is 15.1. The molecular formula is C42H24N4. The van der Waals surface area contributed by atoms with Gasteiger partial charge in [-0.25, -0.2) is 9.97 Å². The van der Waals surface area contributed by atoms with Crippen LogP contribution in [0.5, 0.6) is 0 Å². The fourth-order valence-corrected chi connectivity index (χ4v) is 7.86. The minimum absolute atomic E-state index is 0.720. The van der Waals surface area contributed by atoms with E-state index in [0.29, 0.717) is 0 Å². The summed E-state index contributed by atoms with van der Waals surface area (Å²) in [6.45, 7) is 0. The van der Waals surface area contributed by atoms with Gasteiger partial charge >= 0.3 is 0 Å². The van der Waals surface area contributed by atoms with Gasteiger partial charge in [-0.1, -0.05) is 103 Å². The first kappa shape index (κ1) is 24.1. The molecule has 11 rings (SSSR count). The van der Waals surface area contributed by atoms with Gasteiger partial charge in [0.05, 0.1) is 33.1 Å². The predicted molar refractivity (Wildman–Crippen MR) is 191 cm³/mol.